The van der Waals surface area contributed by atoms with Crippen molar-refractivity contribution in [2.24, 2.45) is 17.8 Å². The molecule has 3 fully saturated rings. The molecule has 0 bridgehead atoms. The lowest BCUT2D eigenvalue weighted by atomic mass is 9.77. The second-order valence-corrected chi connectivity index (χ2v) is 9.08. The zero-order valence-electron chi connectivity index (χ0n) is 18.3. The maximum Gasteiger partial charge on any atom is 0.417 e. The second-order valence-electron chi connectivity index (χ2n) is 9.08. The summed E-state index contributed by atoms with van der Waals surface area (Å²) in [6.07, 6.45) is 0.864. The van der Waals surface area contributed by atoms with Crippen LogP contribution in [-0.2, 0) is 15.7 Å². The highest BCUT2D eigenvalue weighted by Crippen LogP contribution is 2.40. The topological polar surface area (TPSA) is 83.0 Å². The number of alkyl halides is 3. The summed E-state index contributed by atoms with van der Waals surface area (Å²) in [5.74, 6) is 1.18. The molecule has 4 atom stereocenters. The van der Waals surface area contributed by atoms with E-state index in [-0.39, 0.29) is 24.2 Å². The molecule has 2 aliphatic carbocycles. The van der Waals surface area contributed by atoms with Crippen LogP contribution < -0.4 is 0 Å². The number of nitrogens with zero attached hydrogens (tertiary/aromatic N) is 3. The number of hydrogen-bond donors (Lipinski definition) is 1. The number of carbonyl (C=O) groups is 2. The Bertz CT molecular complexity index is 784. The van der Waals surface area contributed by atoms with E-state index in [1.165, 1.54) is 18.9 Å². The van der Waals surface area contributed by atoms with Crippen molar-refractivity contribution in [1.82, 2.24) is 14.8 Å². The van der Waals surface area contributed by atoms with Crippen LogP contribution in [0.2, 0.25) is 0 Å². The molecule has 178 valence electrons. The summed E-state index contributed by atoms with van der Waals surface area (Å²) in [5, 5.41) is 6.89. The number of ether oxygens (including phenoxy) is 1. The fourth-order valence-electron chi connectivity index (χ4n) is 4.67. The molecule has 10 heteroatoms. The second kappa shape index (κ2) is 10.2. The van der Waals surface area contributed by atoms with Crippen molar-refractivity contribution < 1.29 is 32.6 Å². The average Bonchev–Trinajstić information content (AvgIpc) is 3.48. The first-order valence-electron chi connectivity index (χ1n) is 10.8. The highest BCUT2D eigenvalue weighted by Gasteiger charge is 2.45. The van der Waals surface area contributed by atoms with E-state index in [2.05, 4.69) is 24.0 Å². The number of aromatic nitrogens is 1. The molecule has 7 nitrogen and oxygen atoms in total. The third kappa shape index (κ3) is 5.98. The first-order chi connectivity index (χ1) is 15.1. The van der Waals surface area contributed by atoms with Crippen molar-refractivity contribution in [2.75, 3.05) is 33.8 Å². The van der Waals surface area contributed by atoms with Crippen molar-refractivity contribution in [3.63, 3.8) is 0 Å². The van der Waals surface area contributed by atoms with E-state index < -0.39 is 11.7 Å². The van der Waals surface area contributed by atoms with Crippen LogP contribution in [0.5, 0.6) is 0 Å². The summed E-state index contributed by atoms with van der Waals surface area (Å²) >= 11 is 0. The van der Waals surface area contributed by atoms with Gasteiger partial charge in [-0.1, -0.05) is 0 Å². The zero-order chi connectivity index (χ0) is 23.5. The maximum atomic E-state index is 12.8. The van der Waals surface area contributed by atoms with Gasteiger partial charge in [0.1, 0.15) is 5.69 Å². The Hall–Kier alpha value is -2.20. The summed E-state index contributed by atoms with van der Waals surface area (Å²) in [6.45, 7) is 1.83. The molecule has 1 aliphatic heterocycles. The number of rotatable bonds is 5. The van der Waals surface area contributed by atoms with E-state index in [1.807, 2.05) is 0 Å². The molecule has 4 rings (SSSR count). The lowest BCUT2D eigenvalue weighted by Crippen LogP contribution is -2.48. The largest absolute Gasteiger partial charge is 0.483 e. The number of fused-ring (bicyclic) bond motifs is 1. The molecule has 1 saturated heterocycles. The Balaban J connectivity index is 0.000000913. The van der Waals surface area contributed by atoms with Gasteiger partial charge in [-0.25, -0.2) is 0 Å². The van der Waals surface area contributed by atoms with Crippen LogP contribution in [0.1, 0.15) is 41.7 Å². The molecular formula is C22H30F3N3O4. The molecule has 1 amide bonds. The van der Waals surface area contributed by atoms with Crippen LogP contribution in [0.15, 0.2) is 18.3 Å². The van der Waals surface area contributed by atoms with Crippen molar-refractivity contribution in [3.8, 4) is 0 Å². The lowest BCUT2D eigenvalue weighted by molar-refractivity contribution is -0.137. The number of carboxylic acid groups (broad SMARTS) is 1. The van der Waals surface area contributed by atoms with E-state index in [9.17, 15) is 18.0 Å². The van der Waals surface area contributed by atoms with Crippen molar-refractivity contribution >= 4 is 12.4 Å². The molecule has 3 aliphatic rings. The molecule has 32 heavy (non-hydrogen) atoms. The summed E-state index contributed by atoms with van der Waals surface area (Å²) < 4.78 is 44.4. The van der Waals surface area contributed by atoms with Gasteiger partial charge in [-0.05, 0) is 69.7 Å². The predicted octanol–water partition coefficient (Wildman–Crippen LogP) is 3.01. The van der Waals surface area contributed by atoms with Gasteiger partial charge >= 0.3 is 6.18 Å². The van der Waals surface area contributed by atoms with E-state index in [0.29, 0.717) is 36.9 Å². The Morgan fingerprint density at radius 3 is 2.38 bits per heavy atom. The molecule has 0 unspecified atom stereocenters. The molecule has 1 aromatic rings. The van der Waals surface area contributed by atoms with Crippen molar-refractivity contribution in [2.45, 2.75) is 44.0 Å². The van der Waals surface area contributed by atoms with Crippen LogP contribution in [0, 0.1) is 17.8 Å². The predicted molar refractivity (Wildman–Crippen MR) is 110 cm³/mol. The quantitative estimate of drug-likeness (QED) is 0.685. The Kier molecular flexibility index (Phi) is 7.76. The third-order valence-corrected chi connectivity index (χ3v) is 6.59. The third-order valence-electron chi connectivity index (χ3n) is 6.59. The van der Waals surface area contributed by atoms with Gasteiger partial charge in [-0.15, -0.1) is 0 Å². The smallest absolute Gasteiger partial charge is 0.417 e. The number of likely N-dealkylation sites (tertiary alicyclic amines) is 1. The monoisotopic (exact) mass is 457 g/mol. The summed E-state index contributed by atoms with van der Waals surface area (Å²) in [7, 11) is 4.14. The minimum absolute atomic E-state index is 0.0716. The highest BCUT2D eigenvalue weighted by molar-refractivity contribution is 5.92. The SMILES string of the molecule is CN(C)[C@@H]1C[C@@H]2CN(C(=O)c3ccc(C(F)(F)F)cn3)C[C@@H]2C[C@H]1OCC1CC1.O=CO. The van der Waals surface area contributed by atoms with E-state index in [1.54, 1.807) is 4.90 Å². The lowest BCUT2D eigenvalue weighted by Gasteiger charge is -2.41. The molecule has 0 radical (unpaired) electrons. The van der Waals surface area contributed by atoms with Crippen LogP contribution in [-0.4, -0.2) is 78.2 Å². The van der Waals surface area contributed by atoms with Gasteiger partial charge in [0.15, 0.2) is 0 Å². The summed E-state index contributed by atoms with van der Waals surface area (Å²) in [6, 6.07) is 2.43. The number of pyridine rings is 1. The number of halogens is 3. The van der Waals surface area contributed by atoms with Gasteiger partial charge in [0.2, 0.25) is 0 Å². The van der Waals surface area contributed by atoms with Crippen LogP contribution in [0.3, 0.4) is 0 Å². The number of likely N-dealkylation sites (N-methyl/N-ethyl adjacent to an activating group) is 1. The van der Waals surface area contributed by atoms with E-state index in [0.717, 1.165) is 31.7 Å². The molecule has 1 N–H and O–H groups in total. The zero-order valence-corrected chi connectivity index (χ0v) is 18.3. The van der Waals surface area contributed by atoms with Gasteiger partial charge in [-0.2, -0.15) is 13.2 Å². The highest BCUT2D eigenvalue weighted by atomic mass is 19.4. The average molecular weight is 457 g/mol. The minimum atomic E-state index is -4.45. The molecule has 0 spiro atoms. The first kappa shape index (κ1) is 24.4. The number of hydrogen-bond acceptors (Lipinski definition) is 5. The fraction of sp³-hybridized carbons (Fsp3) is 0.682. The van der Waals surface area contributed by atoms with Crippen LogP contribution in [0.4, 0.5) is 13.2 Å². The standard InChI is InChI=1S/C21H28F3N3O2.CH2O2/c1-26(2)18-7-14-10-27(11-15(14)8-19(18)29-12-13-3-4-13)20(28)17-6-5-16(9-25-17)21(22,23)24;2-1-3/h5-6,9,13-15,18-19H,3-4,7-8,10-12H2,1-2H3;1H,(H,2,3)/t14-,15+,18-,19-;/m1./s1. The van der Waals surface area contributed by atoms with Gasteiger partial charge in [0, 0.05) is 31.9 Å². The maximum absolute atomic E-state index is 12.8. The molecular weight excluding hydrogens is 427 g/mol. The fourth-order valence-corrected chi connectivity index (χ4v) is 4.67. The molecule has 2 heterocycles. The van der Waals surface area contributed by atoms with E-state index in [4.69, 9.17) is 14.6 Å². The molecule has 1 aromatic heterocycles. The number of amides is 1. The normalized spacial score (nSPS) is 27.5. The van der Waals surface area contributed by atoms with Gasteiger partial charge < -0.3 is 19.6 Å². The van der Waals surface area contributed by atoms with Crippen molar-refractivity contribution in [1.29, 1.82) is 0 Å². The summed E-state index contributed by atoms with van der Waals surface area (Å²) in [5.41, 5.74) is -0.768. The van der Waals surface area contributed by atoms with Gasteiger partial charge in [0.25, 0.3) is 12.4 Å². The van der Waals surface area contributed by atoms with Gasteiger partial charge in [0.05, 0.1) is 11.7 Å². The van der Waals surface area contributed by atoms with E-state index >= 15 is 0 Å². The number of carbonyl (C=O) groups excluding carboxylic acids is 1. The summed E-state index contributed by atoms with van der Waals surface area (Å²) in [4.78, 5) is 28.9. The van der Waals surface area contributed by atoms with Crippen molar-refractivity contribution in [3.05, 3.63) is 29.6 Å². The van der Waals surface area contributed by atoms with Crippen LogP contribution >= 0.6 is 0 Å². The Morgan fingerprint density at radius 2 is 1.88 bits per heavy atom. The molecule has 2 saturated carbocycles. The van der Waals surface area contributed by atoms with Crippen LogP contribution in [0.25, 0.3) is 0 Å². The van der Waals surface area contributed by atoms with Gasteiger partial charge in [-0.3, -0.25) is 14.6 Å². The minimum Gasteiger partial charge on any atom is -0.483 e. The first-order valence-corrected chi connectivity index (χ1v) is 10.8. The Morgan fingerprint density at radius 1 is 1.25 bits per heavy atom. The Labute approximate surface area is 185 Å². The molecule has 0 aromatic carbocycles.